The summed E-state index contributed by atoms with van der Waals surface area (Å²) in [6.45, 7) is -2.92. The SMILES string of the molecule is FC(F)Oc1cccc2c1-c1ccc(Nc3ccccc3)cc1C(c1ccccc1)O2. The second-order valence-corrected chi connectivity index (χ2v) is 7.21. The van der Waals surface area contributed by atoms with E-state index >= 15 is 0 Å². The van der Waals surface area contributed by atoms with Crippen molar-refractivity contribution in [1.82, 2.24) is 0 Å². The van der Waals surface area contributed by atoms with Gasteiger partial charge in [0.25, 0.3) is 0 Å². The van der Waals surface area contributed by atoms with Gasteiger partial charge in [0.15, 0.2) is 0 Å². The molecule has 154 valence electrons. The van der Waals surface area contributed by atoms with Gasteiger partial charge in [0.2, 0.25) is 0 Å². The van der Waals surface area contributed by atoms with E-state index in [1.807, 2.05) is 78.9 Å². The molecule has 0 saturated heterocycles. The number of alkyl halides is 2. The molecule has 5 rings (SSSR count). The van der Waals surface area contributed by atoms with Gasteiger partial charge >= 0.3 is 6.61 Å². The summed E-state index contributed by atoms with van der Waals surface area (Å²) in [5.41, 5.74) is 5.04. The molecule has 0 aliphatic carbocycles. The minimum atomic E-state index is -2.92. The molecule has 4 aromatic carbocycles. The Morgan fingerprint density at radius 3 is 2.26 bits per heavy atom. The van der Waals surface area contributed by atoms with Crippen molar-refractivity contribution in [1.29, 1.82) is 0 Å². The lowest BCUT2D eigenvalue weighted by atomic mass is 9.88. The lowest BCUT2D eigenvalue weighted by Crippen LogP contribution is -2.16. The summed E-state index contributed by atoms with van der Waals surface area (Å²) in [5, 5.41) is 3.39. The number of hydrogen-bond donors (Lipinski definition) is 1. The number of hydrogen-bond acceptors (Lipinski definition) is 3. The molecule has 3 nitrogen and oxygen atoms in total. The van der Waals surface area contributed by atoms with Crippen molar-refractivity contribution in [2.24, 2.45) is 0 Å². The van der Waals surface area contributed by atoms with Gasteiger partial charge in [-0.25, -0.2) is 0 Å². The maximum atomic E-state index is 13.0. The number of anilines is 2. The Morgan fingerprint density at radius 1 is 0.774 bits per heavy atom. The van der Waals surface area contributed by atoms with Crippen LogP contribution < -0.4 is 14.8 Å². The summed E-state index contributed by atoms with van der Waals surface area (Å²) >= 11 is 0. The van der Waals surface area contributed by atoms with Gasteiger partial charge in [-0.2, -0.15) is 8.78 Å². The number of rotatable bonds is 5. The van der Waals surface area contributed by atoms with Crippen LogP contribution in [0.2, 0.25) is 0 Å². The van der Waals surface area contributed by atoms with Gasteiger partial charge in [-0.05, 0) is 47.5 Å². The number of fused-ring (bicyclic) bond motifs is 3. The molecule has 31 heavy (non-hydrogen) atoms. The van der Waals surface area contributed by atoms with Crippen LogP contribution >= 0.6 is 0 Å². The van der Waals surface area contributed by atoms with E-state index in [2.05, 4.69) is 5.32 Å². The molecule has 0 fully saturated rings. The second kappa shape index (κ2) is 8.11. The topological polar surface area (TPSA) is 30.5 Å². The van der Waals surface area contributed by atoms with E-state index in [9.17, 15) is 8.78 Å². The zero-order valence-electron chi connectivity index (χ0n) is 16.5. The van der Waals surface area contributed by atoms with Crippen molar-refractivity contribution in [3.8, 4) is 22.6 Å². The normalized spacial score (nSPS) is 14.4. The Morgan fingerprint density at radius 2 is 1.52 bits per heavy atom. The Labute approximate surface area is 178 Å². The molecule has 1 N–H and O–H groups in total. The van der Waals surface area contributed by atoms with E-state index in [0.29, 0.717) is 11.3 Å². The summed E-state index contributed by atoms with van der Waals surface area (Å²) in [5.74, 6) is 0.618. The molecular formula is C26H19F2NO2. The maximum Gasteiger partial charge on any atom is 0.387 e. The molecule has 4 aromatic rings. The van der Waals surface area contributed by atoms with Gasteiger partial charge in [-0.15, -0.1) is 0 Å². The standard InChI is InChI=1S/C26H19F2NO2/c27-26(28)31-23-13-7-12-22-24(23)20-15-14-19(29-18-10-5-2-6-11-18)16-21(20)25(30-22)17-8-3-1-4-9-17/h1-16,25-26,29H. The fourth-order valence-corrected chi connectivity index (χ4v) is 3.91. The highest BCUT2D eigenvalue weighted by Gasteiger charge is 2.30. The Bertz CT molecular complexity index is 1200. The van der Waals surface area contributed by atoms with Gasteiger partial charge in [-0.3, -0.25) is 0 Å². The average molecular weight is 415 g/mol. The lowest BCUT2D eigenvalue weighted by Gasteiger charge is -2.30. The fourth-order valence-electron chi connectivity index (χ4n) is 3.91. The predicted octanol–water partition coefficient (Wildman–Crippen LogP) is 7.18. The van der Waals surface area contributed by atoms with Crippen LogP contribution in [0.1, 0.15) is 17.2 Å². The number of halogens is 2. The number of nitrogens with one attached hydrogen (secondary N) is 1. The van der Waals surface area contributed by atoms with Gasteiger partial charge < -0.3 is 14.8 Å². The minimum Gasteiger partial charge on any atom is -0.480 e. The molecule has 0 spiro atoms. The first-order chi connectivity index (χ1) is 15.2. The highest BCUT2D eigenvalue weighted by molar-refractivity contribution is 5.83. The summed E-state index contributed by atoms with van der Waals surface area (Å²) in [6.07, 6.45) is -0.372. The number of ether oxygens (including phenoxy) is 2. The zero-order valence-corrected chi connectivity index (χ0v) is 16.5. The predicted molar refractivity (Wildman–Crippen MR) is 117 cm³/mol. The molecule has 1 atom stereocenters. The van der Waals surface area contributed by atoms with Crippen molar-refractivity contribution in [3.05, 3.63) is 108 Å². The van der Waals surface area contributed by atoms with E-state index < -0.39 is 6.61 Å². The van der Waals surface area contributed by atoms with Crippen LogP contribution in [0.15, 0.2) is 97.1 Å². The van der Waals surface area contributed by atoms with E-state index in [4.69, 9.17) is 9.47 Å². The molecule has 1 aliphatic rings. The summed E-state index contributed by atoms with van der Waals surface area (Å²) < 4.78 is 37.2. The summed E-state index contributed by atoms with van der Waals surface area (Å²) in [6, 6.07) is 30.5. The molecule has 1 heterocycles. The van der Waals surface area contributed by atoms with Crippen LogP contribution in [0, 0.1) is 0 Å². The molecule has 0 saturated carbocycles. The van der Waals surface area contributed by atoms with Crippen molar-refractivity contribution in [3.63, 3.8) is 0 Å². The Balaban J connectivity index is 1.64. The highest BCUT2D eigenvalue weighted by Crippen LogP contribution is 2.49. The first-order valence-corrected chi connectivity index (χ1v) is 9.95. The Hall–Kier alpha value is -3.86. The van der Waals surface area contributed by atoms with Gasteiger partial charge in [0.1, 0.15) is 17.6 Å². The van der Waals surface area contributed by atoms with Crippen LogP contribution in [0.5, 0.6) is 11.5 Å². The average Bonchev–Trinajstić information content (AvgIpc) is 2.79. The smallest absolute Gasteiger partial charge is 0.387 e. The fraction of sp³-hybridized carbons (Fsp3) is 0.0769. The van der Waals surface area contributed by atoms with Crippen molar-refractivity contribution < 1.29 is 18.3 Å². The molecule has 0 aromatic heterocycles. The second-order valence-electron chi connectivity index (χ2n) is 7.21. The van der Waals surface area contributed by atoms with E-state index in [1.165, 1.54) is 6.07 Å². The monoisotopic (exact) mass is 415 g/mol. The van der Waals surface area contributed by atoms with Crippen LogP contribution in [-0.4, -0.2) is 6.61 Å². The van der Waals surface area contributed by atoms with Crippen LogP contribution in [0.25, 0.3) is 11.1 Å². The van der Waals surface area contributed by atoms with E-state index in [-0.39, 0.29) is 11.9 Å². The summed E-state index contributed by atoms with van der Waals surface area (Å²) in [7, 11) is 0. The third-order valence-electron chi connectivity index (χ3n) is 5.22. The van der Waals surface area contributed by atoms with Gasteiger partial charge in [0.05, 0.1) is 5.56 Å². The van der Waals surface area contributed by atoms with Crippen molar-refractivity contribution in [2.45, 2.75) is 12.7 Å². The van der Waals surface area contributed by atoms with E-state index in [0.717, 1.165) is 28.1 Å². The quantitative estimate of drug-likeness (QED) is 0.374. The lowest BCUT2D eigenvalue weighted by molar-refractivity contribution is -0.0496. The Kier molecular flexibility index (Phi) is 5.00. The minimum absolute atomic E-state index is 0.101. The summed E-state index contributed by atoms with van der Waals surface area (Å²) in [4.78, 5) is 0. The molecular weight excluding hydrogens is 396 g/mol. The van der Waals surface area contributed by atoms with Crippen LogP contribution in [0.4, 0.5) is 20.2 Å². The molecule has 1 aliphatic heterocycles. The number of benzene rings is 4. The third kappa shape index (κ3) is 3.82. The maximum absolute atomic E-state index is 13.0. The molecule has 0 bridgehead atoms. The van der Waals surface area contributed by atoms with Gasteiger partial charge in [0, 0.05) is 16.9 Å². The van der Waals surface area contributed by atoms with E-state index in [1.54, 1.807) is 12.1 Å². The molecule has 0 radical (unpaired) electrons. The first-order valence-electron chi connectivity index (χ1n) is 9.95. The molecule has 1 unspecified atom stereocenters. The zero-order chi connectivity index (χ0) is 21.2. The van der Waals surface area contributed by atoms with Crippen LogP contribution in [-0.2, 0) is 0 Å². The molecule has 5 heteroatoms. The molecule has 0 amide bonds. The van der Waals surface area contributed by atoms with Crippen molar-refractivity contribution in [2.75, 3.05) is 5.32 Å². The largest absolute Gasteiger partial charge is 0.480 e. The van der Waals surface area contributed by atoms with Crippen molar-refractivity contribution >= 4 is 11.4 Å². The number of para-hydroxylation sites is 1. The first kappa shape index (κ1) is 19.1. The highest BCUT2D eigenvalue weighted by atomic mass is 19.3. The third-order valence-corrected chi connectivity index (χ3v) is 5.22. The van der Waals surface area contributed by atoms with Gasteiger partial charge in [-0.1, -0.05) is 60.7 Å². The van der Waals surface area contributed by atoms with Crippen LogP contribution in [0.3, 0.4) is 0 Å².